The molecular weight excluding hydrogens is 281 g/mol. The van der Waals surface area contributed by atoms with Crippen LogP contribution >= 0.6 is 12.4 Å². The van der Waals surface area contributed by atoms with Crippen molar-refractivity contribution in [1.82, 2.24) is 0 Å². The topological polar surface area (TPSA) is 38.5 Å². The van der Waals surface area contributed by atoms with Crippen LogP contribution in [0.4, 0.5) is 18.9 Å². The van der Waals surface area contributed by atoms with E-state index >= 15 is 0 Å². The molecule has 0 aromatic heterocycles. The van der Waals surface area contributed by atoms with Crippen LogP contribution in [0.15, 0.2) is 24.3 Å². The van der Waals surface area contributed by atoms with Crippen LogP contribution in [-0.4, -0.2) is 32.5 Å². The molecule has 108 valence electrons. The Balaban J connectivity index is 0.00000180. The minimum absolute atomic E-state index is 0. The van der Waals surface area contributed by atoms with E-state index in [2.05, 4.69) is 0 Å². The number of para-hydroxylation sites is 1. The molecule has 2 rings (SSSR count). The third-order valence-corrected chi connectivity index (χ3v) is 2.98. The highest BCUT2D eigenvalue weighted by molar-refractivity contribution is 5.85. The summed E-state index contributed by atoms with van der Waals surface area (Å²) in [5.41, 5.74) is 5.96. The first-order valence-corrected chi connectivity index (χ1v) is 5.74. The van der Waals surface area contributed by atoms with E-state index < -0.39 is 12.2 Å². The van der Waals surface area contributed by atoms with Gasteiger partial charge in [-0.2, -0.15) is 13.2 Å². The Bertz CT molecular complexity index is 408. The number of halogens is 4. The van der Waals surface area contributed by atoms with Crippen LogP contribution in [0, 0.1) is 0 Å². The highest BCUT2D eigenvalue weighted by Gasteiger charge is 2.39. The van der Waals surface area contributed by atoms with Crippen molar-refractivity contribution in [2.75, 3.05) is 31.2 Å². The summed E-state index contributed by atoms with van der Waals surface area (Å²) >= 11 is 0. The molecule has 0 radical (unpaired) electrons. The van der Waals surface area contributed by atoms with Crippen LogP contribution in [0.25, 0.3) is 0 Å². The van der Waals surface area contributed by atoms with Crippen molar-refractivity contribution in [2.24, 2.45) is 5.73 Å². The van der Waals surface area contributed by atoms with E-state index in [0.29, 0.717) is 32.0 Å². The zero-order valence-electron chi connectivity index (χ0n) is 10.2. The fraction of sp³-hybridized carbons (Fsp3) is 0.500. The molecule has 0 bridgehead atoms. The highest BCUT2D eigenvalue weighted by Crippen LogP contribution is 2.35. The zero-order valence-corrected chi connectivity index (χ0v) is 11.0. The molecular formula is C12H16ClF3N2O. The van der Waals surface area contributed by atoms with Gasteiger partial charge in [-0.25, -0.2) is 0 Å². The van der Waals surface area contributed by atoms with E-state index in [1.165, 1.54) is 6.07 Å². The van der Waals surface area contributed by atoms with Gasteiger partial charge in [-0.15, -0.1) is 12.4 Å². The predicted molar refractivity (Wildman–Crippen MR) is 69.7 cm³/mol. The second-order valence-corrected chi connectivity index (χ2v) is 4.18. The van der Waals surface area contributed by atoms with E-state index in [0.717, 1.165) is 0 Å². The summed E-state index contributed by atoms with van der Waals surface area (Å²) in [4.78, 5) is 1.88. The van der Waals surface area contributed by atoms with Gasteiger partial charge < -0.3 is 15.4 Å². The molecule has 19 heavy (non-hydrogen) atoms. The van der Waals surface area contributed by atoms with Crippen molar-refractivity contribution in [3.63, 3.8) is 0 Å². The minimum atomic E-state index is -4.43. The average Bonchev–Trinajstić information content (AvgIpc) is 2.38. The molecule has 0 saturated carbocycles. The number of alkyl halides is 3. The van der Waals surface area contributed by atoms with Gasteiger partial charge in [-0.3, -0.25) is 0 Å². The number of nitrogens with two attached hydrogens (primary N) is 1. The van der Waals surface area contributed by atoms with Crippen LogP contribution in [0.5, 0.6) is 0 Å². The normalized spacial score (nSPS) is 17.8. The second-order valence-electron chi connectivity index (χ2n) is 4.18. The third-order valence-electron chi connectivity index (χ3n) is 2.98. The van der Waals surface area contributed by atoms with E-state index in [1.807, 2.05) is 4.90 Å². The van der Waals surface area contributed by atoms with Crippen LogP contribution in [-0.2, 0) is 4.74 Å². The molecule has 1 atom stereocenters. The number of morpholine rings is 1. The lowest BCUT2D eigenvalue weighted by molar-refractivity contribution is -0.149. The lowest BCUT2D eigenvalue weighted by Gasteiger charge is -2.32. The first-order chi connectivity index (χ1) is 8.50. The number of ether oxygens (including phenoxy) is 1. The number of rotatable bonds is 2. The molecule has 1 heterocycles. The standard InChI is InChI=1S/C12H15F3N2O.ClH/c13-12(14,15)11(16)9-3-1-2-4-10(9)17-5-7-18-8-6-17;/h1-4,11H,5-8,16H2;1H/t11-;/m1./s1. The smallest absolute Gasteiger partial charge is 0.378 e. The number of hydrogen-bond donors (Lipinski definition) is 1. The molecule has 0 spiro atoms. The van der Waals surface area contributed by atoms with Gasteiger partial charge in [0.25, 0.3) is 0 Å². The van der Waals surface area contributed by atoms with Crippen LogP contribution in [0.1, 0.15) is 11.6 Å². The summed E-state index contributed by atoms with van der Waals surface area (Å²) in [6.07, 6.45) is -4.43. The molecule has 7 heteroatoms. The number of nitrogens with zero attached hydrogens (tertiary/aromatic N) is 1. The second kappa shape index (κ2) is 6.45. The SMILES string of the molecule is Cl.N[C@H](c1ccccc1N1CCOCC1)C(F)(F)F. The van der Waals surface area contributed by atoms with E-state index in [-0.39, 0.29) is 18.0 Å². The van der Waals surface area contributed by atoms with Crippen molar-refractivity contribution < 1.29 is 17.9 Å². The fourth-order valence-electron chi connectivity index (χ4n) is 2.02. The number of hydrogen-bond acceptors (Lipinski definition) is 3. The molecule has 0 unspecified atom stereocenters. The molecule has 1 saturated heterocycles. The Labute approximate surface area is 115 Å². The van der Waals surface area contributed by atoms with Crippen LogP contribution in [0.3, 0.4) is 0 Å². The summed E-state index contributed by atoms with van der Waals surface area (Å²) in [6, 6.07) is 4.45. The molecule has 0 amide bonds. The Morgan fingerprint density at radius 3 is 2.32 bits per heavy atom. The Kier molecular flexibility index (Phi) is 5.46. The van der Waals surface area contributed by atoms with E-state index in [4.69, 9.17) is 10.5 Å². The van der Waals surface area contributed by atoms with Gasteiger partial charge in [-0.1, -0.05) is 18.2 Å². The lowest BCUT2D eigenvalue weighted by Crippen LogP contribution is -2.38. The largest absolute Gasteiger partial charge is 0.407 e. The van der Waals surface area contributed by atoms with Gasteiger partial charge in [-0.05, 0) is 6.07 Å². The summed E-state index contributed by atoms with van der Waals surface area (Å²) in [7, 11) is 0. The fourth-order valence-corrected chi connectivity index (χ4v) is 2.02. The molecule has 1 fully saturated rings. The Morgan fingerprint density at radius 1 is 1.16 bits per heavy atom. The molecule has 2 N–H and O–H groups in total. The van der Waals surface area contributed by atoms with Crippen LogP contribution < -0.4 is 10.6 Å². The van der Waals surface area contributed by atoms with E-state index in [1.54, 1.807) is 18.2 Å². The van der Waals surface area contributed by atoms with Gasteiger partial charge in [0.15, 0.2) is 0 Å². The maximum absolute atomic E-state index is 12.7. The van der Waals surface area contributed by atoms with Crippen molar-refractivity contribution in [3.8, 4) is 0 Å². The average molecular weight is 297 g/mol. The maximum atomic E-state index is 12.7. The molecule has 1 aromatic carbocycles. The Hall–Kier alpha value is -0.980. The van der Waals surface area contributed by atoms with Gasteiger partial charge in [0, 0.05) is 24.3 Å². The monoisotopic (exact) mass is 296 g/mol. The van der Waals surface area contributed by atoms with Gasteiger partial charge >= 0.3 is 6.18 Å². The maximum Gasteiger partial charge on any atom is 0.407 e. The summed E-state index contributed by atoms with van der Waals surface area (Å²) < 4.78 is 43.3. The van der Waals surface area contributed by atoms with E-state index in [9.17, 15) is 13.2 Å². The molecule has 1 aromatic rings. The molecule has 0 aliphatic carbocycles. The first kappa shape index (κ1) is 16.1. The summed E-state index contributed by atoms with van der Waals surface area (Å²) in [6.45, 7) is 2.22. The Morgan fingerprint density at radius 2 is 1.74 bits per heavy atom. The summed E-state index contributed by atoms with van der Waals surface area (Å²) in [5, 5.41) is 0. The minimum Gasteiger partial charge on any atom is -0.378 e. The van der Waals surface area contributed by atoms with Crippen molar-refractivity contribution in [1.29, 1.82) is 0 Å². The van der Waals surface area contributed by atoms with Gasteiger partial charge in [0.1, 0.15) is 6.04 Å². The zero-order chi connectivity index (χ0) is 13.2. The van der Waals surface area contributed by atoms with Gasteiger partial charge in [0.05, 0.1) is 13.2 Å². The van der Waals surface area contributed by atoms with Crippen molar-refractivity contribution >= 4 is 18.1 Å². The lowest BCUT2D eigenvalue weighted by atomic mass is 10.0. The van der Waals surface area contributed by atoms with Crippen molar-refractivity contribution in [2.45, 2.75) is 12.2 Å². The van der Waals surface area contributed by atoms with Gasteiger partial charge in [0.2, 0.25) is 0 Å². The highest BCUT2D eigenvalue weighted by atomic mass is 35.5. The molecule has 1 aliphatic heterocycles. The molecule has 1 aliphatic rings. The number of benzene rings is 1. The van der Waals surface area contributed by atoms with Crippen molar-refractivity contribution in [3.05, 3.63) is 29.8 Å². The van der Waals surface area contributed by atoms with Crippen LogP contribution in [0.2, 0.25) is 0 Å². The quantitative estimate of drug-likeness (QED) is 0.911. The summed E-state index contributed by atoms with van der Waals surface area (Å²) in [5.74, 6) is 0. The molecule has 3 nitrogen and oxygen atoms in total. The predicted octanol–water partition coefficient (Wildman–Crippen LogP) is 2.51. The third kappa shape index (κ3) is 3.75. The first-order valence-electron chi connectivity index (χ1n) is 5.74. The number of anilines is 1.